The van der Waals surface area contributed by atoms with E-state index in [0.717, 1.165) is 22.6 Å². The predicted molar refractivity (Wildman–Crippen MR) is 148 cm³/mol. The van der Waals surface area contributed by atoms with Crippen LogP contribution in [0, 0.1) is 6.92 Å². The van der Waals surface area contributed by atoms with E-state index in [2.05, 4.69) is 5.32 Å². The van der Waals surface area contributed by atoms with Crippen LogP contribution in [0.25, 0.3) is 0 Å². The molecule has 0 saturated carbocycles. The lowest BCUT2D eigenvalue weighted by molar-refractivity contribution is -0.139. The SMILES string of the molecule is CNC(=O)[C@@H](C)N(Cc1ccc(Cl)c(Cl)c1)C(=O)CN(c1cccc(C(F)(F)F)c1)S(=O)(=O)c1ccc(C)cc1. The summed E-state index contributed by atoms with van der Waals surface area (Å²) in [6.07, 6.45) is -4.76. The number of halogens is 5. The summed E-state index contributed by atoms with van der Waals surface area (Å²) in [5.74, 6) is -1.38. The fourth-order valence-electron chi connectivity index (χ4n) is 3.83. The number of rotatable bonds is 9. The van der Waals surface area contributed by atoms with Gasteiger partial charge in [0.2, 0.25) is 11.8 Å². The molecule has 2 amide bonds. The van der Waals surface area contributed by atoms with E-state index in [-0.39, 0.29) is 27.2 Å². The first-order chi connectivity index (χ1) is 18.6. The van der Waals surface area contributed by atoms with Gasteiger partial charge in [0, 0.05) is 13.6 Å². The van der Waals surface area contributed by atoms with Crippen molar-refractivity contribution in [2.75, 3.05) is 17.9 Å². The Kier molecular flexibility index (Phi) is 9.76. The number of hydrogen-bond acceptors (Lipinski definition) is 4. The lowest BCUT2D eigenvalue weighted by atomic mass is 10.1. The van der Waals surface area contributed by atoms with Gasteiger partial charge in [0.1, 0.15) is 12.6 Å². The Morgan fingerprint density at radius 1 is 0.975 bits per heavy atom. The van der Waals surface area contributed by atoms with Crippen molar-refractivity contribution in [2.24, 2.45) is 0 Å². The quantitative estimate of drug-likeness (QED) is 0.335. The molecule has 0 radical (unpaired) electrons. The number of likely N-dealkylation sites (N-methyl/N-ethyl adjacent to an activating group) is 1. The monoisotopic (exact) mass is 615 g/mol. The third-order valence-corrected chi connectivity index (χ3v) is 8.63. The molecule has 7 nitrogen and oxygen atoms in total. The van der Waals surface area contributed by atoms with E-state index in [1.807, 2.05) is 0 Å². The Hall–Kier alpha value is -3.28. The molecule has 0 aliphatic carbocycles. The Balaban J connectivity index is 2.10. The number of nitrogens with zero attached hydrogens (tertiary/aromatic N) is 2. The largest absolute Gasteiger partial charge is 0.416 e. The second-order valence-corrected chi connectivity index (χ2v) is 11.6. The standard InChI is InChI=1S/C27H26Cl2F3N3O4S/c1-17-7-10-22(11-8-17)40(38,39)35(21-6-4-5-20(14-21)27(30,31)32)16-25(36)34(18(2)26(37)33-3)15-19-9-12-23(28)24(29)13-19/h4-14,18H,15-16H2,1-3H3,(H,33,37)/t18-/m1/s1. The van der Waals surface area contributed by atoms with Gasteiger partial charge < -0.3 is 10.2 Å². The van der Waals surface area contributed by atoms with Crippen LogP contribution in [0.2, 0.25) is 10.0 Å². The number of sulfonamides is 1. The second kappa shape index (κ2) is 12.5. The summed E-state index contributed by atoms with van der Waals surface area (Å²) in [5.41, 5.74) is -0.211. The number of amides is 2. The van der Waals surface area contributed by atoms with E-state index >= 15 is 0 Å². The van der Waals surface area contributed by atoms with Gasteiger partial charge in [-0.2, -0.15) is 13.2 Å². The van der Waals surface area contributed by atoms with E-state index in [1.165, 1.54) is 56.4 Å². The summed E-state index contributed by atoms with van der Waals surface area (Å²) in [7, 11) is -3.15. The summed E-state index contributed by atoms with van der Waals surface area (Å²) in [6, 6.07) is 12.9. The van der Waals surface area contributed by atoms with Crippen molar-refractivity contribution in [2.45, 2.75) is 37.5 Å². The fourth-order valence-corrected chi connectivity index (χ4v) is 5.56. The van der Waals surface area contributed by atoms with Crippen LogP contribution >= 0.6 is 23.2 Å². The molecule has 0 bridgehead atoms. The third-order valence-electron chi connectivity index (χ3n) is 6.10. The van der Waals surface area contributed by atoms with Gasteiger partial charge in [-0.15, -0.1) is 0 Å². The highest BCUT2D eigenvalue weighted by Crippen LogP contribution is 2.33. The van der Waals surface area contributed by atoms with Crippen molar-refractivity contribution in [1.82, 2.24) is 10.2 Å². The van der Waals surface area contributed by atoms with Crippen LogP contribution in [0.15, 0.2) is 71.6 Å². The second-order valence-electron chi connectivity index (χ2n) is 8.93. The number of anilines is 1. The molecule has 40 heavy (non-hydrogen) atoms. The van der Waals surface area contributed by atoms with Gasteiger partial charge in [0.05, 0.1) is 26.2 Å². The Morgan fingerprint density at radius 2 is 1.62 bits per heavy atom. The zero-order valence-electron chi connectivity index (χ0n) is 21.7. The van der Waals surface area contributed by atoms with Crippen LogP contribution < -0.4 is 9.62 Å². The van der Waals surface area contributed by atoms with Gasteiger partial charge in [-0.05, 0) is 61.9 Å². The lowest BCUT2D eigenvalue weighted by Crippen LogP contribution is -2.50. The van der Waals surface area contributed by atoms with Crippen molar-refractivity contribution in [3.05, 3.63) is 93.5 Å². The number of hydrogen-bond donors (Lipinski definition) is 1. The maximum absolute atomic E-state index is 13.7. The van der Waals surface area contributed by atoms with E-state index in [9.17, 15) is 31.2 Å². The van der Waals surface area contributed by atoms with E-state index in [0.29, 0.717) is 15.9 Å². The third kappa shape index (κ3) is 7.26. The number of carbonyl (C=O) groups excluding carboxylic acids is 2. The van der Waals surface area contributed by atoms with Crippen LogP contribution in [0.5, 0.6) is 0 Å². The number of benzene rings is 3. The van der Waals surface area contributed by atoms with Gasteiger partial charge in [0.15, 0.2) is 0 Å². The molecule has 0 spiro atoms. The number of carbonyl (C=O) groups is 2. The molecule has 1 N–H and O–H groups in total. The fraction of sp³-hybridized carbons (Fsp3) is 0.259. The van der Waals surface area contributed by atoms with E-state index in [4.69, 9.17) is 23.2 Å². The molecule has 0 aliphatic rings. The molecule has 3 aromatic rings. The molecule has 3 aromatic carbocycles. The maximum Gasteiger partial charge on any atom is 0.416 e. The Bertz CT molecular complexity index is 1500. The van der Waals surface area contributed by atoms with Crippen LogP contribution in [0.4, 0.5) is 18.9 Å². The van der Waals surface area contributed by atoms with Crippen LogP contribution in [-0.2, 0) is 32.3 Å². The molecule has 0 heterocycles. The summed E-state index contributed by atoms with van der Waals surface area (Å²) in [6.45, 7) is 2.13. The summed E-state index contributed by atoms with van der Waals surface area (Å²) >= 11 is 12.1. The van der Waals surface area contributed by atoms with Gasteiger partial charge >= 0.3 is 6.18 Å². The first-order valence-electron chi connectivity index (χ1n) is 11.9. The van der Waals surface area contributed by atoms with Gasteiger partial charge in [0.25, 0.3) is 10.0 Å². The van der Waals surface area contributed by atoms with Crippen molar-refractivity contribution in [3.8, 4) is 0 Å². The summed E-state index contributed by atoms with van der Waals surface area (Å²) in [5, 5.41) is 2.91. The molecule has 0 aromatic heterocycles. The molecule has 13 heteroatoms. The number of aryl methyl sites for hydroxylation is 1. The lowest BCUT2D eigenvalue weighted by Gasteiger charge is -2.32. The highest BCUT2D eigenvalue weighted by Gasteiger charge is 2.35. The molecule has 3 rings (SSSR count). The van der Waals surface area contributed by atoms with Crippen LogP contribution in [0.1, 0.15) is 23.6 Å². The smallest absolute Gasteiger partial charge is 0.357 e. The zero-order chi connectivity index (χ0) is 29.8. The van der Waals surface area contributed by atoms with E-state index in [1.54, 1.807) is 13.0 Å². The molecule has 0 unspecified atom stereocenters. The van der Waals surface area contributed by atoms with E-state index < -0.39 is 46.2 Å². The van der Waals surface area contributed by atoms with Crippen molar-refractivity contribution < 1.29 is 31.2 Å². The van der Waals surface area contributed by atoms with Crippen molar-refractivity contribution in [3.63, 3.8) is 0 Å². The molecular formula is C27H26Cl2F3N3O4S. The van der Waals surface area contributed by atoms with Crippen LogP contribution in [-0.4, -0.2) is 44.8 Å². The minimum atomic E-state index is -4.76. The molecule has 214 valence electrons. The minimum Gasteiger partial charge on any atom is -0.357 e. The Morgan fingerprint density at radius 3 is 2.20 bits per heavy atom. The Labute approximate surface area is 240 Å². The molecule has 0 fully saturated rings. The van der Waals surface area contributed by atoms with Crippen molar-refractivity contribution in [1.29, 1.82) is 0 Å². The molecule has 0 aliphatic heterocycles. The molecular weight excluding hydrogens is 590 g/mol. The predicted octanol–water partition coefficient (Wildman–Crippen LogP) is 5.68. The minimum absolute atomic E-state index is 0.161. The average molecular weight is 616 g/mol. The molecule has 0 saturated heterocycles. The highest BCUT2D eigenvalue weighted by molar-refractivity contribution is 7.92. The van der Waals surface area contributed by atoms with Crippen molar-refractivity contribution >= 4 is 50.7 Å². The topological polar surface area (TPSA) is 86.8 Å². The number of alkyl halides is 3. The van der Waals surface area contributed by atoms with Gasteiger partial charge in [-0.3, -0.25) is 13.9 Å². The van der Waals surface area contributed by atoms with Gasteiger partial charge in [-0.25, -0.2) is 8.42 Å². The molecule has 1 atom stereocenters. The maximum atomic E-state index is 13.7. The average Bonchev–Trinajstić information content (AvgIpc) is 2.91. The first-order valence-corrected chi connectivity index (χ1v) is 14.1. The summed E-state index contributed by atoms with van der Waals surface area (Å²) < 4.78 is 68.6. The zero-order valence-corrected chi connectivity index (χ0v) is 24.0. The number of nitrogens with one attached hydrogen (secondary N) is 1. The highest BCUT2D eigenvalue weighted by atomic mass is 35.5. The summed E-state index contributed by atoms with van der Waals surface area (Å²) in [4.78, 5) is 27.1. The first kappa shape index (κ1) is 31.3. The van der Waals surface area contributed by atoms with Gasteiger partial charge in [-0.1, -0.05) is 53.0 Å². The normalized spacial score (nSPS) is 12.5. The van der Waals surface area contributed by atoms with Crippen LogP contribution in [0.3, 0.4) is 0 Å².